The lowest BCUT2D eigenvalue weighted by Gasteiger charge is -2.27. The van der Waals surface area contributed by atoms with E-state index in [4.69, 9.17) is 9.47 Å². The quantitative estimate of drug-likeness (QED) is 0.555. The maximum absolute atomic E-state index is 12.1. The van der Waals surface area contributed by atoms with Gasteiger partial charge in [-0.3, -0.25) is 9.11 Å². The van der Waals surface area contributed by atoms with Crippen molar-refractivity contribution in [3.63, 3.8) is 0 Å². The van der Waals surface area contributed by atoms with Gasteiger partial charge in [-0.1, -0.05) is 30.3 Å². The summed E-state index contributed by atoms with van der Waals surface area (Å²) in [4.78, 5) is 2.16. The molecule has 1 aliphatic rings. The van der Waals surface area contributed by atoms with Crippen LogP contribution in [0.4, 0.5) is 0 Å². The number of methoxy groups -OCH3 is 1. The highest BCUT2D eigenvalue weighted by Gasteiger charge is 2.28. The van der Waals surface area contributed by atoms with Gasteiger partial charge in [0.2, 0.25) is 0 Å². The van der Waals surface area contributed by atoms with Crippen molar-refractivity contribution in [2.75, 3.05) is 26.7 Å². The molecular formula is C22H25N2O4S-. The lowest BCUT2D eigenvalue weighted by molar-refractivity contribution is 0.190. The predicted molar refractivity (Wildman–Crippen MR) is 113 cm³/mol. The van der Waals surface area contributed by atoms with Crippen LogP contribution in [0.15, 0.2) is 54.7 Å². The molecule has 29 heavy (non-hydrogen) atoms. The van der Waals surface area contributed by atoms with E-state index in [9.17, 15) is 8.76 Å². The summed E-state index contributed by atoms with van der Waals surface area (Å²) in [5.74, 6) is 1.43. The molecule has 3 unspecified atom stereocenters. The lowest BCUT2D eigenvalue weighted by Crippen LogP contribution is -2.32. The molecule has 154 valence electrons. The fraction of sp³-hybridized carbons (Fsp3) is 0.364. The summed E-state index contributed by atoms with van der Waals surface area (Å²) in [5, 5.41) is 0.445. The Bertz CT molecular complexity index is 1020. The molecule has 1 saturated heterocycles. The van der Waals surface area contributed by atoms with Gasteiger partial charge in [-0.15, -0.1) is 0 Å². The maximum Gasteiger partial charge on any atom is 0.161 e. The molecule has 2 heterocycles. The zero-order valence-corrected chi connectivity index (χ0v) is 17.4. The minimum atomic E-state index is -2.24. The number of hydrogen-bond acceptors (Lipinski definition) is 5. The number of fused-ring (bicyclic) bond motifs is 1. The van der Waals surface area contributed by atoms with Crippen LogP contribution in [-0.4, -0.2) is 51.1 Å². The standard InChI is InChI=1S/C22H26N2O4S/c1-16-13-24(19-8-4-3-7-18(16)19)22(29(25)26)15-23-12-11-17(14-23)28-21-10-6-5-9-20(21)27-2/h3-10,13,17,22H,11-12,14-15H2,1-2H3,(H,25,26)/p-1. The molecular weight excluding hydrogens is 388 g/mol. The van der Waals surface area contributed by atoms with Gasteiger partial charge in [-0.05, 0) is 48.2 Å². The van der Waals surface area contributed by atoms with Crippen LogP contribution < -0.4 is 9.47 Å². The van der Waals surface area contributed by atoms with Gasteiger partial charge in [0.25, 0.3) is 0 Å². The van der Waals surface area contributed by atoms with Gasteiger partial charge >= 0.3 is 0 Å². The van der Waals surface area contributed by atoms with E-state index in [0.29, 0.717) is 18.8 Å². The van der Waals surface area contributed by atoms with Crippen LogP contribution in [0.25, 0.3) is 10.9 Å². The van der Waals surface area contributed by atoms with E-state index in [2.05, 4.69) is 4.90 Å². The molecule has 0 aliphatic carbocycles. The Morgan fingerprint density at radius 1 is 1.17 bits per heavy atom. The molecule has 6 nitrogen and oxygen atoms in total. The maximum atomic E-state index is 12.1. The molecule has 7 heteroatoms. The number of hydrogen-bond donors (Lipinski definition) is 0. The summed E-state index contributed by atoms with van der Waals surface area (Å²) in [5.41, 5.74) is 2.02. The van der Waals surface area contributed by atoms with E-state index >= 15 is 0 Å². The molecule has 1 aromatic heterocycles. The van der Waals surface area contributed by atoms with Crippen LogP contribution in [0.1, 0.15) is 17.4 Å². The zero-order valence-electron chi connectivity index (χ0n) is 16.6. The number of aromatic nitrogens is 1. The molecule has 1 aliphatic heterocycles. The van der Waals surface area contributed by atoms with E-state index in [-0.39, 0.29) is 6.10 Å². The predicted octanol–water partition coefficient (Wildman–Crippen LogP) is 3.49. The van der Waals surface area contributed by atoms with E-state index in [1.54, 1.807) is 7.11 Å². The molecule has 0 saturated carbocycles. The summed E-state index contributed by atoms with van der Waals surface area (Å²) in [6, 6.07) is 15.5. The molecule has 3 atom stereocenters. The minimum Gasteiger partial charge on any atom is -0.771 e. The van der Waals surface area contributed by atoms with Gasteiger partial charge in [-0.2, -0.15) is 0 Å². The first-order chi connectivity index (χ1) is 14.1. The second-order valence-electron chi connectivity index (χ2n) is 7.39. The number of aryl methyl sites for hydroxylation is 1. The van der Waals surface area contributed by atoms with E-state index < -0.39 is 16.5 Å². The highest BCUT2D eigenvalue weighted by molar-refractivity contribution is 7.79. The lowest BCUT2D eigenvalue weighted by atomic mass is 10.2. The van der Waals surface area contributed by atoms with Gasteiger partial charge in [0, 0.05) is 36.7 Å². The molecule has 1 fully saturated rings. The third kappa shape index (κ3) is 4.17. The highest BCUT2D eigenvalue weighted by atomic mass is 32.2. The van der Waals surface area contributed by atoms with Crippen molar-refractivity contribution in [1.82, 2.24) is 9.47 Å². The summed E-state index contributed by atoms with van der Waals surface area (Å²) in [6.45, 7) is 3.92. The largest absolute Gasteiger partial charge is 0.771 e. The first kappa shape index (κ1) is 19.9. The highest BCUT2D eigenvalue weighted by Crippen LogP contribution is 2.30. The summed E-state index contributed by atoms with van der Waals surface area (Å²) >= 11 is -2.24. The van der Waals surface area contributed by atoms with Gasteiger partial charge in [0.1, 0.15) is 11.5 Å². The van der Waals surface area contributed by atoms with Crippen LogP contribution >= 0.6 is 0 Å². The molecule has 0 N–H and O–H groups in total. The Kier molecular flexibility index (Phi) is 5.89. The minimum absolute atomic E-state index is 0.00943. The molecule has 0 bridgehead atoms. The smallest absolute Gasteiger partial charge is 0.161 e. The van der Waals surface area contributed by atoms with Gasteiger partial charge in [0.05, 0.1) is 7.11 Å². The van der Waals surface area contributed by atoms with Crippen molar-refractivity contribution in [3.05, 3.63) is 60.3 Å². The van der Waals surface area contributed by atoms with Crippen molar-refractivity contribution in [3.8, 4) is 11.5 Å². The first-order valence-electron chi connectivity index (χ1n) is 9.73. The third-order valence-electron chi connectivity index (χ3n) is 5.48. The number of ether oxygens (including phenoxy) is 2. The van der Waals surface area contributed by atoms with Crippen LogP contribution in [0.2, 0.25) is 0 Å². The van der Waals surface area contributed by atoms with Crippen LogP contribution in [0, 0.1) is 6.92 Å². The number of rotatable bonds is 7. The molecule has 0 spiro atoms. The van der Waals surface area contributed by atoms with Crippen molar-refractivity contribution < 1.29 is 18.2 Å². The third-order valence-corrected chi connectivity index (χ3v) is 6.30. The average molecular weight is 414 g/mol. The SMILES string of the molecule is COc1ccccc1OC1CCN(CC(n2cc(C)c3ccccc32)S(=O)[O-])C1. The Morgan fingerprint density at radius 2 is 1.90 bits per heavy atom. The van der Waals surface area contributed by atoms with Gasteiger partial charge in [-0.25, -0.2) is 0 Å². The average Bonchev–Trinajstić information content (AvgIpc) is 3.31. The van der Waals surface area contributed by atoms with Crippen LogP contribution in [0.5, 0.6) is 11.5 Å². The molecule has 4 rings (SSSR count). The zero-order chi connectivity index (χ0) is 20.4. The second-order valence-corrected chi connectivity index (χ2v) is 8.46. The first-order valence-corrected chi connectivity index (χ1v) is 10.9. The van der Waals surface area contributed by atoms with E-state index in [0.717, 1.165) is 35.2 Å². The monoisotopic (exact) mass is 413 g/mol. The van der Waals surface area contributed by atoms with Crippen molar-refractivity contribution in [2.24, 2.45) is 0 Å². The summed E-state index contributed by atoms with van der Waals surface area (Å²) in [7, 11) is 1.63. The van der Waals surface area contributed by atoms with Crippen molar-refractivity contribution >= 4 is 22.0 Å². The Hall–Kier alpha value is -2.35. The Morgan fingerprint density at radius 3 is 2.66 bits per heavy atom. The van der Waals surface area contributed by atoms with E-state index in [1.165, 1.54) is 0 Å². The Labute approximate surface area is 173 Å². The summed E-state index contributed by atoms with van der Waals surface area (Å²) in [6.07, 6.45) is 2.79. The van der Waals surface area contributed by atoms with Crippen LogP contribution in [-0.2, 0) is 11.1 Å². The molecule has 2 aromatic carbocycles. The van der Waals surface area contributed by atoms with E-state index in [1.807, 2.05) is 66.2 Å². The normalized spacial score (nSPS) is 19.3. The fourth-order valence-corrected chi connectivity index (χ4v) is 4.73. The van der Waals surface area contributed by atoms with Crippen molar-refractivity contribution in [2.45, 2.75) is 24.8 Å². The van der Waals surface area contributed by atoms with Crippen LogP contribution in [0.3, 0.4) is 0 Å². The summed E-state index contributed by atoms with van der Waals surface area (Å²) < 4.78 is 37.6. The number of nitrogens with zero attached hydrogens (tertiary/aromatic N) is 2. The second kappa shape index (κ2) is 8.57. The topological polar surface area (TPSA) is 66.8 Å². The Balaban J connectivity index is 1.48. The fourth-order valence-electron chi connectivity index (χ4n) is 4.04. The number of benzene rings is 2. The van der Waals surface area contributed by atoms with Crippen molar-refractivity contribution in [1.29, 1.82) is 0 Å². The number of para-hydroxylation sites is 3. The molecule has 3 aromatic rings. The molecule has 0 amide bonds. The molecule has 0 radical (unpaired) electrons. The van der Waals surface area contributed by atoms with Gasteiger partial charge in [0.15, 0.2) is 11.5 Å². The van der Waals surface area contributed by atoms with Gasteiger partial charge < -0.3 is 18.6 Å². The number of likely N-dealkylation sites (tertiary alicyclic amines) is 1.